The molecule has 1 saturated heterocycles. The molecule has 3 N–H and O–H groups in total. The summed E-state index contributed by atoms with van der Waals surface area (Å²) >= 11 is 0. The van der Waals surface area contributed by atoms with Gasteiger partial charge in [-0.3, -0.25) is 4.79 Å². The summed E-state index contributed by atoms with van der Waals surface area (Å²) in [6.07, 6.45) is 0.0316. The SMILES string of the molecule is NC[C@@H]1NC(=O)C[C@@H]1c1cc(F)c(F)cc1F. The maximum Gasteiger partial charge on any atom is 0.220 e. The zero-order chi connectivity index (χ0) is 12.6. The fraction of sp³-hybridized carbons (Fsp3) is 0.364. The summed E-state index contributed by atoms with van der Waals surface area (Å²) in [5.74, 6) is -4.05. The molecule has 2 rings (SSSR count). The van der Waals surface area contributed by atoms with Crippen LogP contribution in [0.3, 0.4) is 0 Å². The Morgan fingerprint density at radius 1 is 1.24 bits per heavy atom. The Morgan fingerprint density at radius 3 is 2.53 bits per heavy atom. The molecular weight excluding hydrogens is 233 g/mol. The third-order valence-electron chi connectivity index (χ3n) is 2.93. The molecule has 1 amide bonds. The van der Waals surface area contributed by atoms with Crippen molar-refractivity contribution in [1.82, 2.24) is 5.32 Å². The first-order valence-corrected chi connectivity index (χ1v) is 5.16. The Balaban J connectivity index is 2.39. The molecule has 0 bridgehead atoms. The molecule has 1 aliphatic rings. The smallest absolute Gasteiger partial charge is 0.220 e. The molecule has 6 heteroatoms. The van der Waals surface area contributed by atoms with Crippen LogP contribution in [0.2, 0.25) is 0 Å². The average Bonchev–Trinajstić information content (AvgIpc) is 2.64. The summed E-state index contributed by atoms with van der Waals surface area (Å²) in [5, 5.41) is 2.57. The van der Waals surface area contributed by atoms with E-state index < -0.39 is 29.4 Å². The molecule has 17 heavy (non-hydrogen) atoms. The van der Waals surface area contributed by atoms with Gasteiger partial charge in [-0.15, -0.1) is 0 Å². The van der Waals surface area contributed by atoms with Gasteiger partial charge in [-0.05, 0) is 11.6 Å². The van der Waals surface area contributed by atoms with Crippen molar-refractivity contribution in [3.05, 3.63) is 35.1 Å². The van der Waals surface area contributed by atoms with Crippen LogP contribution in [-0.2, 0) is 4.79 Å². The van der Waals surface area contributed by atoms with E-state index in [1.807, 2.05) is 0 Å². The van der Waals surface area contributed by atoms with Gasteiger partial charge in [0.05, 0.1) is 0 Å². The van der Waals surface area contributed by atoms with Crippen molar-refractivity contribution >= 4 is 5.91 Å². The lowest BCUT2D eigenvalue weighted by Crippen LogP contribution is -2.35. The van der Waals surface area contributed by atoms with Crippen LogP contribution in [0.5, 0.6) is 0 Å². The largest absolute Gasteiger partial charge is 0.351 e. The van der Waals surface area contributed by atoms with Crippen molar-refractivity contribution < 1.29 is 18.0 Å². The number of nitrogens with one attached hydrogen (secondary N) is 1. The maximum atomic E-state index is 13.5. The molecule has 1 fully saturated rings. The van der Waals surface area contributed by atoms with Gasteiger partial charge >= 0.3 is 0 Å². The third kappa shape index (κ3) is 2.12. The first kappa shape index (κ1) is 11.9. The Labute approximate surface area is 95.8 Å². The number of amides is 1. The molecular formula is C11H11F3N2O. The van der Waals surface area contributed by atoms with Gasteiger partial charge in [0.15, 0.2) is 11.6 Å². The summed E-state index contributed by atoms with van der Waals surface area (Å²) < 4.78 is 39.4. The van der Waals surface area contributed by atoms with Crippen molar-refractivity contribution in [2.45, 2.75) is 18.4 Å². The van der Waals surface area contributed by atoms with Crippen molar-refractivity contribution in [1.29, 1.82) is 0 Å². The first-order chi connectivity index (χ1) is 8.02. The van der Waals surface area contributed by atoms with Gasteiger partial charge in [-0.1, -0.05) is 0 Å². The van der Waals surface area contributed by atoms with Crippen molar-refractivity contribution in [2.24, 2.45) is 5.73 Å². The monoisotopic (exact) mass is 244 g/mol. The highest BCUT2D eigenvalue weighted by atomic mass is 19.2. The molecule has 0 radical (unpaired) electrons. The zero-order valence-electron chi connectivity index (χ0n) is 8.84. The molecule has 3 nitrogen and oxygen atoms in total. The number of carbonyl (C=O) groups excluding carboxylic acids is 1. The number of rotatable bonds is 2. The maximum absolute atomic E-state index is 13.5. The molecule has 2 atom stereocenters. The van der Waals surface area contributed by atoms with E-state index in [0.29, 0.717) is 6.07 Å². The summed E-state index contributed by atoms with van der Waals surface area (Å²) in [5.41, 5.74) is 5.42. The molecule has 0 aromatic heterocycles. The minimum absolute atomic E-state index is 0.0160. The Hall–Kier alpha value is -1.56. The van der Waals surface area contributed by atoms with E-state index in [1.54, 1.807) is 0 Å². The van der Waals surface area contributed by atoms with Crippen LogP contribution >= 0.6 is 0 Å². The topological polar surface area (TPSA) is 55.1 Å². The molecule has 92 valence electrons. The molecule has 0 unspecified atom stereocenters. The third-order valence-corrected chi connectivity index (χ3v) is 2.93. The first-order valence-electron chi connectivity index (χ1n) is 5.16. The number of nitrogens with two attached hydrogens (primary N) is 1. The Morgan fingerprint density at radius 2 is 1.88 bits per heavy atom. The van der Waals surface area contributed by atoms with E-state index in [-0.39, 0.29) is 24.4 Å². The lowest BCUT2D eigenvalue weighted by atomic mass is 9.91. The standard InChI is InChI=1S/C11H11F3N2O/c12-7-3-9(14)8(13)1-5(7)6-2-11(17)16-10(6)4-15/h1,3,6,10H,2,4,15H2,(H,16,17)/t6-,10+/m1/s1. The molecule has 1 heterocycles. The van der Waals surface area contributed by atoms with E-state index >= 15 is 0 Å². The van der Waals surface area contributed by atoms with Crippen LogP contribution in [0.15, 0.2) is 12.1 Å². The molecule has 0 saturated carbocycles. The minimum atomic E-state index is -1.24. The highest BCUT2D eigenvalue weighted by Gasteiger charge is 2.34. The van der Waals surface area contributed by atoms with E-state index in [0.717, 1.165) is 6.07 Å². The second-order valence-corrected chi connectivity index (χ2v) is 4.01. The second kappa shape index (κ2) is 4.37. The lowest BCUT2D eigenvalue weighted by molar-refractivity contribution is -0.119. The summed E-state index contributed by atoms with van der Waals surface area (Å²) in [6.45, 7) is 0.120. The molecule has 0 aliphatic carbocycles. The number of halogens is 3. The van der Waals surface area contributed by atoms with Crippen LogP contribution in [0.1, 0.15) is 17.9 Å². The van der Waals surface area contributed by atoms with Crippen LogP contribution in [0.4, 0.5) is 13.2 Å². The average molecular weight is 244 g/mol. The van der Waals surface area contributed by atoms with Crippen LogP contribution < -0.4 is 11.1 Å². The fourth-order valence-corrected chi connectivity index (χ4v) is 2.08. The molecule has 1 aliphatic heterocycles. The summed E-state index contributed by atoms with van der Waals surface area (Å²) in [7, 11) is 0. The lowest BCUT2D eigenvalue weighted by Gasteiger charge is -2.17. The van der Waals surface area contributed by atoms with Crippen LogP contribution in [0, 0.1) is 17.5 Å². The Bertz CT molecular complexity index is 464. The predicted octanol–water partition coefficient (Wildman–Crippen LogP) is 1.03. The molecule has 1 aromatic carbocycles. The van der Waals surface area contributed by atoms with Gasteiger partial charge in [0, 0.05) is 31.0 Å². The van der Waals surface area contributed by atoms with E-state index in [1.165, 1.54) is 0 Å². The molecule has 1 aromatic rings. The van der Waals surface area contributed by atoms with Gasteiger partial charge in [-0.25, -0.2) is 13.2 Å². The summed E-state index contributed by atoms with van der Waals surface area (Å²) in [6, 6.07) is 0.834. The Kier molecular flexibility index (Phi) is 3.06. The van der Waals surface area contributed by atoms with Gasteiger partial charge < -0.3 is 11.1 Å². The number of hydrogen-bond donors (Lipinski definition) is 2. The number of carbonyl (C=O) groups is 1. The van der Waals surface area contributed by atoms with E-state index in [4.69, 9.17) is 5.73 Å². The summed E-state index contributed by atoms with van der Waals surface area (Å²) in [4.78, 5) is 11.2. The predicted molar refractivity (Wildman–Crippen MR) is 54.7 cm³/mol. The van der Waals surface area contributed by atoms with Gasteiger partial charge in [0.1, 0.15) is 5.82 Å². The van der Waals surface area contributed by atoms with E-state index in [2.05, 4.69) is 5.32 Å². The van der Waals surface area contributed by atoms with Crippen LogP contribution in [-0.4, -0.2) is 18.5 Å². The van der Waals surface area contributed by atoms with Gasteiger partial charge in [-0.2, -0.15) is 0 Å². The fourth-order valence-electron chi connectivity index (χ4n) is 2.08. The minimum Gasteiger partial charge on any atom is -0.351 e. The highest BCUT2D eigenvalue weighted by Crippen LogP contribution is 2.31. The highest BCUT2D eigenvalue weighted by molar-refractivity contribution is 5.80. The van der Waals surface area contributed by atoms with Crippen molar-refractivity contribution in [2.75, 3.05) is 6.54 Å². The quantitative estimate of drug-likeness (QED) is 0.763. The van der Waals surface area contributed by atoms with E-state index in [9.17, 15) is 18.0 Å². The second-order valence-electron chi connectivity index (χ2n) is 4.01. The van der Waals surface area contributed by atoms with Gasteiger partial charge in [0.2, 0.25) is 5.91 Å². The van der Waals surface area contributed by atoms with Crippen molar-refractivity contribution in [3.8, 4) is 0 Å². The zero-order valence-corrected chi connectivity index (χ0v) is 8.84. The van der Waals surface area contributed by atoms with Gasteiger partial charge in [0.25, 0.3) is 0 Å². The normalized spacial score (nSPS) is 23.9. The van der Waals surface area contributed by atoms with Crippen LogP contribution in [0.25, 0.3) is 0 Å². The van der Waals surface area contributed by atoms with Crippen molar-refractivity contribution in [3.63, 3.8) is 0 Å². The molecule has 0 spiro atoms. The number of hydrogen-bond acceptors (Lipinski definition) is 2. The number of benzene rings is 1.